The minimum Gasteiger partial charge on any atom is -0.494 e. The molecule has 0 aromatic heterocycles. The van der Waals surface area contributed by atoms with E-state index >= 15 is 0 Å². The molecular formula is C13H17FO4. The first-order chi connectivity index (χ1) is 8.67. The first kappa shape index (κ1) is 14.3. The Hall–Kier alpha value is -1.78. The van der Waals surface area contributed by atoms with Crippen LogP contribution in [-0.2, 0) is 9.53 Å². The highest BCUT2D eigenvalue weighted by Gasteiger charge is 2.05. The molecule has 0 saturated carbocycles. The van der Waals surface area contributed by atoms with Gasteiger partial charge in [0.25, 0.3) is 0 Å². The number of ether oxygens (including phenoxy) is 3. The molecule has 1 aromatic carbocycles. The van der Waals surface area contributed by atoms with E-state index < -0.39 is 5.82 Å². The van der Waals surface area contributed by atoms with Crippen molar-refractivity contribution in [3.05, 3.63) is 24.0 Å². The van der Waals surface area contributed by atoms with Gasteiger partial charge in [-0.2, -0.15) is 0 Å². The van der Waals surface area contributed by atoms with Crippen LogP contribution in [0.25, 0.3) is 0 Å². The molecule has 1 aromatic rings. The Kier molecular flexibility index (Phi) is 5.97. The largest absolute Gasteiger partial charge is 0.494 e. The summed E-state index contributed by atoms with van der Waals surface area (Å²) in [4.78, 5) is 11.0. The molecule has 5 heteroatoms. The lowest BCUT2D eigenvalue weighted by Crippen LogP contribution is -2.06. The van der Waals surface area contributed by atoms with Gasteiger partial charge >= 0.3 is 5.97 Å². The Labute approximate surface area is 106 Å². The van der Waals surface area contributed by atoms with Gasteiger partial charge in [0.15, 0.2) is 11.6 Å². The molecule has 0 N–H and O–H groups in total. The van der Waals surface area contributed by atoms with E-state index in [-0.39, 0.29) is 11.7 Å². The number of carbonyl (C=O) groups excluding carboxylic acids is 1. The van der Waals surface area contributed by atoms with Gasteiger partial charge in [-0.3, -0.25) is 4.79 Å². The monoisotopic (exact) mass is 256 g/mol. The minimum absolute atomic E-state index is 0.175. The lowest BCUT2D eigenvalue weighted by molar-refractivity contribution is -0.143. The van der Waals surface area contributed by atoms with Crippen molar-refractivity contribution < 1.29 is 23.4 Å². The lowest BCUT2D eigenvalue weighted by Gasteiger charge is -2.07. The molecule has 0 aliphatic heterocycles. The summed E-state index contributed by atoms with van der Waals surface area (Å²) in [6.07, 6.45) is 0.832. The van der Waals surface area contributed by atoms with E-state index in [0.717, 1.165) is 0 Å². The second-order valence-corrected chi connectivity index (χ2v) is 3.55. The van der Waals surface area contributed by atoms with Crippen LogP contribution in [-0.4, -0.2) is 26.3 Å². The van der Waals surface area contributed by atoms with E-state index in [9.17, 15) is 9.18 Å². The highest BCUT2D eigenvalue weighted by Crippen LogP contribution is 2.22. The SMILES string of the molecule is CCOC(=O)CCCOc1ccc(OC)c(F)c1. The fraction of sp³-hybridized carbons (Fsp3) is 0.462. The van der Waals surface area contributed by atoms with Gasteiger partial charge in [-0.25, -0.2) is 4.39 Å². The van der Waals surface area contributed by atoms with E-state index in [1.807, 2.05) is 0 Å². The summed E-state index contributed by atoms with van der Waals surface area (Å²) in [7, 11) is 1.40. The number of carbonyl (C=O) groups is 1. The summed E-state index contributed by atoms with van der Waals surface area (Å²) in [6.45, 7) is 2.47. The Balaban J connectivity index is 2.31. The predicted molar refractivity (Wildman–Crippen MR) is 64.3 cm³/mol. The van der Waals surface area contributed by atoms with Crippen LogP contribution in [0.5, 0.6) is 11.5 Å². The smallest absolute Gasteiger partial charge is 0.305 e. The van der Waals surface area contributed by atoms with Crippen LogP contribution in [0.1, 0.15) is 19.8 Å². The first-order valence-electron chi connectivity index (χ1n) is 5.79. The third-order valence-corrected chi connectivity index (χ3v) is 2.22. The third-order valence-electron chi connectivity index (χ3n) is 2.22. The van der Waals surface area contributed by atoms with Crippen LogP contribution in [0.3, 0.4) is 0 Å². The van der Waals surface area contributed by atoms with Crippen LogP contribution in [0.4, 0.5) is 4.39 Å². The topological polar surface area (TPSA) is 44.8 Å². The zero-order valence-corrected chi connectivity index (χ0v) is 10.6. The van der Waals surface area contributed by atoms with Crippen LogP contribution in [0, 0.1) is 5.82 Å². The summed E-state index contributed by atoms with van der Waals surface area (Å²) < 4.78 is 28.2. The summed E-state index contributed by atoms with van der Waals surface area (Å²) in [5, 5.41) is 0. The fourth-order valence-electron chi connectivity index (χ4n) is 1.38. The molecule has 0 heterocycles. The van der Waals surface area contributed by atoms with Gasteiger partial charge in [0.05, 0.1) is 20.3 Å². The second-order valence-electron chi connectivity index (χ2n) is 3.55. The molecule has 0 saturated heterocycles. The molecule has 0 atom stereocenters. The van der Waals surface area contributed by atoms with Crippen LogP contribution >= 0.6 is 0 Å². The average molecular weight is 256 g/mol. The van der Waals surface area contributed by atoms with Crippen molar-refractivity contribution in [1.29, 1.82) is 0 Å². The minimum atomic E-state index is -0.472. The van der Waals surface area contributed by atoms with Crippen molar-refractivity contribution in [2.45, 2.75) is 19.8 Å². The third kappa shape index (κ3) is 4.61. The molecule has 0 aliphatic rings. The maximum absolute atomic E-state index is 13.3. The number of rotatable bonds is 7. The van der Waals surface area contributed by atoms with Crippen LogP contribution in [0.15, 0.2) is 18.2 Å². The number of methoxy groups -OCH3 is 1. The molecule has 18 heavy (non-hydrogen) atoms. The lowest BCUT2D eigenvalue weighted by atomic mass is 10.3. The van der Waals surface area contributed by atoms with Crippen molar-refractivity contribution >= 4 is 5.97 Å². The molecule has 1 rings (SSSR count). The van der Waals surface area contributed by atoms with Crippen molar-refractivity contribution in [2.75, 3.05) is 20.3 Å². The molecule has 0 fully saturated rings. The Morgan fingerprint density at radius 2 is 2.17 bits per heavy atom. The number of hydrogen-bond acceptors (Lipinski definition) is 4. The molecule has 0 amide bonds. The van der Waals surface area contributed by atoms with E-state index in [1.54, 1.807) is 13.0 Å². The predicted octanol–water partition coefficient (Wildman–Crippen LogP) is 2.56. The van der Waals surface area contributed by atoms with Crippen molar-refractivity contribution in [3.63, 3.8) is 0 Å². The van der Waals surface area contributed by atoms with Gasteiger partial charge in [0.1, 0.15) is 5.75 Å². The van der Waals surface area contributed by atoms with Gasteiger partial charge < -0.3 is 14.2 Å². The maximum Gasteiger partial charge on any atom is 0.305 e. The molecular weight excluding hydrogens is 239 g/mol. The fourth-order valence-corrected chi connectivity index (χ4v) is 1.38. The van der Waals surface area contributed by atoms with Crippen molar-refractivity contribution in [2.24, 2.45) is 0 Å². The van der Waals surface area contributed by atoms with Gasteiger partial charge in [-0.05, 0) is 25.5 Å². The quantitative estimate of drug-likeness (QED) is 0.555. The van der Waals surface area contributed by atoms with E-state index in [2.05, 4.69) is 0 Å². The number of esters is 1. The van der Waals surface area contributed by atoms with E-state index in [1.165, 1.54) is 19.2 Å². The number of hydrogen-bond donors (Lipinski definition) is 0. The molecule has 0 spiro atoms. The Morgan fingerprint density at radius 3 is 2.78 bits per heavy atom. The van der Waals surface area contributed by atoms with E-state index in [0.29, 0.717) is 31.8 Å². The van der Waals surface area contributed by atoms with Crippen molar-refractivity contribution in [1.82, 2.24) is 0 Å². The highest BCUT2D eigenvalue weighted by molar-refractivity contribution is 5.69. The van der Waals surface area contributed by atoms with Gasteiger partial charge in [0.2, 0.25) is 0 Å². The summed E-state index contributed by atoms with van der Waals surface area (Å²) >= 11 is 0. The van der Waals surface area contributed by atoms with Crippen LogP contribution < -0.4 is 9.47 Å². The zero-order valence-electron chi connectivity index (χ0n) is 10.6. The number of benzene rings is 1. The molecule has 0 radical (unpaired) electrons. The Bertz CT molecular complexity index is 393. The van der Waals surface area contributed by atoms with Gasteiger partial charge in [0, 0.05) is 12.5 Å². The van der Waals surface area contributed by atoms with Gasteiger partial charge in [-0.1, -0.05) is 0 Å². The number of halogens is 1. The standard InChI is InChI=1S/C13H17FO4/c1-3-17-13(15)5-4-8-18-10-6-7-12(16-2)11(14)9-10/h6-7,9H,3-5,8H2,1-2H3. The normalized spacial score (nSPS) is 9.94. The van der Waals surface area contributed by atoms with Crippen molar-refractivity contribution in [3.8, 4) is 11.5 Å². The molecule has 0 bridgehead atoms. The highest BCUT2D eigenvalue weighted by atomic mass is 19.1. The average Bonchev–Trinajstić information content (AvgIpc) is 2.35. The molecule has 0 unspecified atom stereocenters. The first-order valence-corrected chi connectivity index (χ1v) is 5.79. The molecule has 0 aliphatic carbocycles. The van der Waals surface area contributed by atoms with E-state index in [4.69, 9.17) is 14.2 Å². The summed E-state index contributed by atoms with van der Waals surface area (Å²) in [6, 6.07) is 4.37. The summed E-state index contributed by atoms with van der Waals surface area (Å²) in [5.74, 6) is -0.131. The van der Waals surface area contributed by atoms with Gasteiger partial charge in [-0.15, -0.1) is 0 Å². The van der Waals surface area contributed by atoms with Crippen LogP contribution in [0.2, 0.25) is 0 Å². The molecule has 100 valence electrons. The maximum atomic E-state index is 13.3. The molecule has 4 nitrogen and oxygen atoms in total. The summed E-state index contributed by atoms with van der Waals surface area (Å²) in [5.41, 5.74) is 0. The second kappa shape index (κ2) is 7.53. The zero-order chi connectivity index (χ0) is 13.4. The Morgan fingerprint density at radius 1 is 1.39 bits per heavy atom.